The number of nitrogens with one attached hydrogen (secondary N) is 2. The van der Waals surface area contributed by atoms with Crippen LogP contribution in [0, 0.1) is 0 Å². The molecule has 0 atom stereocenters. The van der Waals surface area contributed by atoms with Crippen LogP contribution >= 0.6 is 12.4 Å². The summed E-state index contributed by atoms with van der Waals surface area (Å²) in [6.45, 7) is 0. The minimum absolute atomic E-state index is 0. The fourth-order valence-electron chi connectivity index (χ4n) is 2.71. The lowest BCUT2D eigenvalue weighted by molar-refractivity contribution is 0.0701. The van der Waals surface area contributed by atoms with Gasteiger partial charge in [-0.3, -0.25) is 19.7 Å². The molecule has 3 rings (SSSR count). The van der Waals surface area contributed by atoms with Gasteiger partial charge in [-0.15, -0.1) is 12.4 Å². The molecule has 146 valence electrons. The van der Waals surface area contributed by atoms with E-state index in [9.17, 15) is 13.2 Å². The summed E-state index contributed by atoms with van der Waals surface area (Å²) in [5, 5.41) is 7.78. The minimum Gasteiger partial charge on any atom is -0.288 e. The van der Waals surface area contributed by atoms with Crippen molar-refractivity contribution in [2.24, 2.45) is 0 Å². The summed E-state index contributed by atoms with van der Waals surface area (Å²) in [5.74, 6) is -0.835. The molecule has 1 heterocycles. The first-order chi connectivity index (χ1) is 13.0. The highest BCUT2D eigenvalue weighted by Crippen LogP contribution is 2.31. The highest BCUT2D eigenvalue weighted by Gasteiger charge is 2.29. The highest BCUT2D eigenvalue weighted by molar-refractivity contribution is 7.93. The number of hydrogen-bond acceptors (Lipinski definition) is 5. The lowest BCUT2D eigenvalue weighted by atomic mass is 10.0. The molecule has 0 saturated heterocycles. The molecule has 1 aromatic heterocycles. The Kier molecular flexibility index (Phi) is 7.11. The molecule has 0 aliphatic rings. The predicted molar refractivity (Wildman–Crippen MR) is 108 cm³/mol. The fraction of sp³-hybridized carbons (Fsp3) is 0.0526. The van der Waals surface area contributed by atoms with E-state index in [1.165, 1.54) is 23.8 Å². The third-order valence-electron chi connectivity index (χ3n) is 3.87. The molecule has 3 N–H and O–H groups in total. The maximum atomic E-state index is 13.2. The number of carbonyl (C=O) groups is 1. The Morgan fingerprint density at radius 1 is 0.929 bits per heavy atom. The van der Waals surface area contributed by atoms with Crippen molar-refractivity contribution in [3.63, 3.8) is 0 Å². The molecular formula is C19H18ClN3O4S. The number of halogens is 1. The van der Waals surface area contributed by atoms with Gasteiger partial charge in [0.25, 0.3) is 5.91 Å². The van der Waals surface area contributed by atoms with Crippen LogP contribution in [-0.2, 0) is 10.0 Å². The molecule has 0 saturated carbocycles. The number of hydrogen-bond donors (Lipinski definition) is 3. The SMILES string of the molecule is Cl.O=C(NO)c1cc(NS(=O)(=O)C(c2ccccc2)c2ccccc2)ccn1. The highest BCUT2D eigenvalue weighted by atomic mass is 35.5. The molecule has 3 aromatic rings. The summed E-state index contributed by atoms with van der Waals surface area (Å²) in [6, 6.07) is 20.4. The Bertz CT molecular complexity index is 992. The molecular weight excluding hydrogens is 402 g/mol. The number of hydroxylamine groups is 1. The third-order valence-corrected chi connectivity index (χ3v) is 5.55. The monoisotopic (exact) mass is 419 g/mol. The second-order valence-electron chi connectivity index (χ2n) is 5.72. The van der Waals surface area contributed by atoms with Crippen LogP contribution in [0.15, 0.2) is 79.0 Å². The van der Waals surface area contributed by atoms with Gasteiger partial charge in [-0.25, -0.2) is 13.9 Å². The fourth-order valence-corrected chi connectivity index (χ4v) is 4.31. The number of amides is 1. The lowest BCUT2D eigenvalue weighted by Gasteiger charge is -2.20. The molecule has 0 unspecified atom stereocenters. The van der Waals surface area contributed by atoms with Gasteiger partial charge >= 0.3 is 0 Å². The van der Waals surface area contributed by atoms with E-state index in [1.807, 2.05) is 12.1 Å². The van der Waals surface area contributed by atoms with E-state index in [1.54, 1.807) is 48.5 Å². The van der Waals surface area contributed by atoms with Crippen LogP contribution in [0.25, 0.3) is 0 Å². The van der Waals surface area contributed by atoms with E-state index >= 15 is 0 Å². The van der Waals surface area contributed by atoms with Crippen LogP contribution in [0.1, 0.15) is 26.9 Å². The van der Waals surface area contributed by atoms with E-state index in [0.29, 0.717) is 11.1 Å². The van der Waals surface area contributed by atoms with Gasteiger partial charge in [-0.05, 0) is 23.3 Å². The van der Waals surface area contributed by atoms with Gasteiger partial charge in [-0.2, -0.15) is 0 Å². The predicted octanol–water partition coefficient (Wildman–Crippen LogP) is 3.15. The van der Waals surface area contributed by atoms with Gasteiger partial charge in [-0.1, -0.05) is 60.7 Å². The van der Waals surface area contributed by atoms with Crippen molar-refractivity contribution in [1.29, 1.82) is 0 Å². The molecule has 7 nitrogen and oxygen atoms in total. The van der Waals surface area contributed by atoms with Crippen molar-refractivity contribution >= 4 is 34.0 Å². The maximum absolute atomic E-state index is 13.2. The zero-order valence-electron chi connectivity index (χ0n) is 14.5. The summed E-state index contributed by atoms with van der Waals surface area (Å²) in [5.41, 5.74) is 2.74. The normalized spacial score (nSPS) is 10.8. The van der Waals surface area contributed by atoms with Gasteiger partial charge in [0.05, 0.1) is 5.69 Å². The molecule has 0 radical (unpaired) electrons. The number of rotatable bonds is 6. The van der Waals surface area contributed by atoms with E-state index in [4.69, 9.17) is 5.21 Å². The Labute approximate surface area is 168 Å². The zero-order valence-corrected chi connectivity index (χ0v) is 16.2. The van der Waals surface area contributed by atoms with Crippen molar-refractivity contribution in [2.75, 3.05) is 4.72 Å². The number of sulfonamides is 1. The number of anilines is 1. The van der Waals surface area contributed by atoms with Crippen LogP contribution in [0.2, 0.25) is 0 Å². The van der Waals surface area contributed by atoms with Crippen molar-refractivity contribution in [2.45, 2.75) is 5.25 Å². The maximum Gasteiger partial charge on any atom is 0.293 e. The molecule has 0 aliphatic carbocycles. The van der Waals surface area contributed by atoms with E-state index in [2.05, 4.69) is 9.71 Å². The Balaban J connectivity index is 0.00000280. The zero-order chi connectivity index (χ0) is 19.3. The first-order valence-electron chi connectivity index (χ1n) is 8.03. The number of aromatic nitrogens is 1. The summed E-state index contributed by atoms with van der Waals surface area (Å²) in [6.07, 6.45) is 1.28. The molecule has 28 heavy (non-hydrogen) atoms. The average Bonchev–Trinajstić information content (AvgIpc) is 2.69. The Hall–Kier alpha value is -2.94. The number of nitrogens with zero attached hydrogens (tertiary/aromatic N) is 1. The summed E-state index contributed by atoms with van der Waals surface area (Å²) in [4.78, 5) is 15.3. The van der Waals surface area contributed by atoms with Crippen LogP contribution in [0.3, 0.4) is 0 Å². The van der Waals surface area contributed by atoms with Gasteiger partial charge in [0.1, 0.15) is 10.9 Å². The summed E-state index contributed by atoms with van der Waals surface area (Å²) < 4.78 is 28.8. The van der Waals surface area contributed by atoms with Crippen LogP contribution < -0.4 is 10.2 Å². The molecule has 9 heteroatoms. The lowest BCUT2D eigenvalue weighted by Crippen LogP contribution is -2.23. The van der Waals surface area contributed by atoms with Gasteiger partial charge in [0.2, 0.25) is 10.0 Å². The summed E-state index contributed by atoms with van der Waals surface area (Å²) in [7, 11) is -3.90. The first kappa shape index (κ1) is 21.4. The topological polar surface area (TPSA) is 108 Å². The Morgan fingerprint density at radius 3 is 1.96 bits per heavy atom. The van der Waals surface area contributed by atoms with Gasteiger partial charge in [0, 0.05) is 6.20 Å². The third kappa shape index (κ3) is 4.86. The van der Waals surface area contributed by atoms with Gasteiger partial charge < -0.3 is 0 Å². The van der Waals surface area contributed by atoms with Crippen LogP contribution in [-0.4, -0.2) is 24.5 Å². The summed E-state index contributed by atoms with van der Waals surface area (Å²) >= 11 is 0. The minimum atomic E-state index is -3.90. The number of pyridine rings is 1. The van der Waals surface area contributed by atoms with Crippen molar-refractivity contribution in [1.82, 2.24) is 10.5 Å². The van der Waals surface area contributed by atoms with Crippen LogP contribution in [0.5, 0.6) is 0 Å². The van der Waals surface area contributed by atoms with E-state index in [0.717, 1.165) is 0 Å². The number of carbonyl (C=O) groups excluding carboxylic acids is 1. The molecule has 0 spiro atoms. The molecule has 0 bridgehead atoms. The van der Waals surface area contributed by atoms with Crippen molar-refractivity contribution < 1.29 is 18.4 Å². The molecule has 0 fully saturated rings. The Morgan fingerprint density at radius 2 is 1.46 bits per heavy atom. The van der Waals surface area contributed by atoms with Crippen molar-refractivity contribution in [3.05, 3.63) is 95.8 Å². The smallest absolute Gasteiger partial charge is 0.288 e. The quantitative estimate of drug-likeness (QED) is 0.420. The second kappa shape index (κ2) is 9.32. The average molecular weight is 420 g/mol. The molecule has 1 amide bonds. The van der Waals surface area contributed by atoms with E-state index in [-0.39, 0.29) is 23.8 Å². The second-order valence-corrected chi connectivity index (χ2v) is 7.48. The largest absolute Gasteiger partial charge is 0.293 e. The standard InChI is InChI=1S/C19H17N3O4S.ClH/c23-19(21-24)17-13-16(11-12-20-17)22-27(25,26)18(14-7-3-1-4-8-14)15-9-5-2-6-10-15;/h1-13,18,24H,(H,20,22)(H,21,23);1H. The van der Waals surface area contributed by atoms with Crippen molar-refractivity contribution in [3.8, 4) is 0 Å². The molecule has 0 aliphatic heterocycles. The molecule has 2 aromatic carbocycles. The van der Waals surface area contributed by atoms with Crippen LogP contribution in [0.4, 0.5) is 5.69 Å². The first-order valence-corrected chi connectivity index (χ1v) is 9.58. The van der Waals surface area contributed by atoms with E-state index < -0.39 is 21.2 Å². The van der Waals surface area contributed by atoms with Gasteiger partial charge in [0.15, 0.2) is 0 Å². The number of benzene rings is 2.